The molecule has 2 aromatic rings. The summed E-state index contributed by atoms with van der Waals surface area (Å²) >= 11 is 5.99. The van der Waals surface area contributed by atoms with Crippen molar-refractivity contribution < 1.29 is 18.3 Å². The van der Waals surface area contributed by atoms with Gasteiger partial charge in [-0.25, -0.2) is 17.9 Å². The maximum absolute atomic E-state index is 12.7. The maximum atomic E-state index is 12.7. The van der Waals surface area contributed by atoms with Gasteiger partial charge in [-0.05, 0) is 48.6 Å². The van der Waals surface area contributed by atoms with Crippen LogP contribution in [0.25, 0.3) is 0 Å². The van der Waals surface area contributed by atoms with Gasteiger partial charge in [-0.1, -0.05) is 35.9 Å². The number of fused-ring (bicyclic) bond motifs is 1. The molecule has 0 aromatic heterocycles. The number of benzene rings is 2. The van der Waals surface area contributed by atoms with Gasteiger partial charge in [-0.3, -0.25) is 0 Å². The molecule has 0 radical (unpaired) electrons. The largest absolute Gasteiger partial charge is 0.478 e. The molecular weight excluding hydrogens is 350 g/mol. The molecule has 126 valence electrons. The second-order valence-electron chi connectivity index (χ2n) is 5.72. The Morgan fingerprint density at radius 1 is 1.21 bits per heavy atom. The molecule has 0 fully saturated rings. The zero-order valence-corrected chi connectivity index (χ0v) is 14.3. The predicted octanol–water partition coefficient (Wildman–Crippen LogP) is 3.39. The summed E-state index contributed by atoms with van der Waals surface area (Å²) in [4.78, 5) is 10.9. The van der Waals surface area contributed by atoms with Crippen molar-refractivity contribution in [2.45, 2.75) is 30.2 Å². The summed E-state index contributed by atoms with van der Waals surface area (Å²) < 4.78 is 28.1. The van der Waals surface area contributed by atoms with Crippen LogP contribution in [0.4, 0.5) is 0 Å². The zero-order valence-electron chi connectivity index (χ0n) is 12.7. The Morgan fingerprint density at radius 2 is 1.96 bits per heavy atom. The summed E-state index contributed by atoms with van der Waals surface area (Å²) in [6, 6.07) is 11.0. The van der Waals surface area contributed by atoms with Crippen LogP contribution >= 0.6 is 11.6 Å². The lowest BCUT2D eigenvalue weighted by atomic mass is 9.88. The molecule has 0 spiro atoms. The minimum absolute atomic E-state index is 0.00315. The van der Waals surface area contributed by atoms with Crippen LogP contribution in [0.15, 0.2) is 47.4 Å². The van der Waals surface area contributed by atoms with Gasteiger partial charge >= 0.3 is 5.97 Å². The fourth-order valence-electron chi connectivity index (χ4n) is 2.97. The molecule has 24 heavy (non-hydrogen) atoms. The minimum atomic E-state index is -3.93. The summed E-state index contributed by atoms with van der Waals surface area (Å²) in [5.74, 6) is -1.20. The van der Waals surface area contributed by atoms with Crippen molar-refractivity contribution in [3.05, 3.63) is 64.2 Å². The number of hydrogen-bond donors (Lipinski definition) is 2. The van der Waals surface area contributed by atoms with E-state index in [4.69, 9.17) is 16.7 Å². The molecule has 7 heteroatoms. The molecule has 1 unspecified atom stereocenters. The van der Waals surface area contributed by atoms with Gasteiger partial charge in [0.05, 0.1) is 10.6 Å². The first-order chi connectivity index (χ1) is 11.4. The lowest BCUT2D eigenvalue weighted by Crippen LogP contribution is -2.31. The second kappa shape index (κ2) is 6.55. The number of carboxylic acid groups (broad SMARTS) is 1. The molecule has 0 bridgehead atoms. The molecule has 0 amide bonds. The van der Waals surface area contributed by atoms with Crippen molar-refractivity contribution in [3.8, 4) is 0 Å². The summed E-state index contributed by atoms with van der Waals surface area (Å²) in [5.41, 5.74) is 1.96. The Kier molecular flexibility index (Phi) is 4.62. The van der Waals surface area contributed by atoms with Crippen LogP contribution < -0.4 is 4.72 Å². The summed E-state index contributed by atoms with van der Waals surface area (Å²) in [6.45, 7) is 0. The molecule has 0 saturated carbocycles. The van der Waals surface area contributed by atoms with Crippen molar-refractivity contribution in [1.82, 2.24) is 4.72 Å². The van der Waals surface area contributed by atoms with Crippen molar-refractivity contribution in [1.29, 1.82) is 0 Å². The van der Waals surface area contributed by atoms with Crippen LogP contribution in [0.2, 0.25) is 5.02 Å². The summed E-state index contributed by atoms with van der Waals surface area (Å²) in [7, 11) is -3.93. The molecule has 5 nitrogen and oxygen atoms in total. The van der Waals surface area contributed by atoms with Crippen LogP contribution in [-0.4, -0.2) is 19.5 Å². The molecule has 0 saturated heterocycles. The molecule has 1 aliphatic carbocycles. The van der Waals surface area contributed by atoms with Crippen LogP contribution in [-0.2, 0) is 16.4 Å². The number of carbonyl (C=O) groups is 1. The van der Waals surface area contributed by atoms with Crippen LogP contribution in [0, 0.1) is 0 Å². The van der Waals surface area contributed by atoms with Crippen molar-refractivity contribution in [2.75, 3.05) is 0 Å². The van der Waals surface area contributed by atoms with E-state index in [1.54, 1.807) is 0 Å². The fourth-order valence-corrected chi connectivity index (χ4v) is 4.74. The molecule has 1 atom stereocenters. The highest BCUT2D eigenvalue weighted by Gasteiger charge is 2.27. The van der Waals surface area contributed by atoms with Gasteiger partial charge in [0, 0.05) is 6.04 Å². The molecule has 0 aliphatic heterocycles. The van der Waals surface area contributed by atoms with E-state index in [2.05, 4.69) is 4.72 Å². The number of nitrogens with one attached hydrogen (secondary N) is 1. The van der Waals surface area contributed by atoms with Crippen molar-refractivity contribution in [3.63, 3.8) is 0 Å². The summed E-state index contributed by atoms with van der Waals surface area (Å²) in [5, 5.41) is 9.06. The number of sulfonamides is 1. The van der Waals surface area contributed by atoms with E-state index in [1.165, 1.54) is 12.1 Å². The normalized spacial score (nSPS) is 17.3. The predicted molar refractivity (Wildman–Crippen MR) is 90.9 cm³/mol. The van der Waals surface area contributed by atoms with Gasteiger partial charge in [0.15, 0.2) is 0 Å². The van der Waals surface area contributed by atoms with E-state index < -0.39 is 16.0 Å². The lowest BCUT2D eigenvalue weighted by Gasteiger charge is -2.26. The third kappa shape index (κ3) is 3.31. The van der Waals surface area contributed by atoms with Crippen molar-refractivity contribution >= 4 is 27.6 Å². The monoisotopic (exact) mass is 365 g/mol. The average molecular weight is 366 g/mol. The van der Waals surface area contributed by atoms with Crippen LogP contribution in [0.5, 0.6) is 0 Å². The van der Waals surface area contributed by atoms with E-state index in [0.717, 1.165) is 30.0 Å². The molecular formula is C17H16ClNO4S. The topological polar surface area (TPSA) is 83.5 Å². The van der Waals surface area contributed by atoms with Gasteiger partial charge in [-0.15, -0.1) is 0 Å². The van der Waals surface area contributed by atoms with Gasteiger partial charge in [0.2, 0.25) is 10.0 Å². The molecule has 3 rings (SSSR count). The SMILES string of the molecule is O=C(O)c1ccc(Cl)c(S(=O)(=O)NC2CCCc3ccccc32)c1. The summed E-state index contributed by atoms with van der Waals surface area (Å²) in [6.07, 6.45) is 2.49. The molecule has 2 N–H and O–H groups in total. The van der Waals surface area contributed by atoms with Crippen LogP contribution in [0.1, 0.15) is 40.4 Å². The molecule has 2 aromatic carbocycles. The molecule has 0 heterocycles. The van der Waals surface area contributed by atoms with Gasteiger partial charge in [0.25, 0.3) is 0 Å². The number of aromatic carboxylic acids is 1. The Hall–Kier alpha value is -1.89. The number of carboxylic acids is 1. The van der Waals surface area contributed by atoms with Crippen molar-refractivity contribution in [2.24, 2.45) is 0 Å². The standard InChI is InChI=1S/C17H16ClNO4S/c18-14-9-8-12(17(20)21)10-16(14)24(22,23)19-15-7-3-5-11-4-1-2-6-13(11)15/h1-2,4,6,8-10,15,19H,3,5,7H2,(H,20,21). The quantitative estimate of drug-likeness (QED) is 0.869. The van der Waals surface area contributed by atoms with Gasteiger partial charge in [-0.2, -0.15) is 0 Å². The van der Waals surface area contributed by atoms with E-state index in [0.29, 0.717) is 6.42 Å². The highest BCUT2D eigenvalue weighted by atomic mass is 35.5. The highest BCUT2D eigenvalue weighted by molar-refractivity contribution is 7.89. The Labute approximate surface area is 145 Å². The average Bonchev–Trinajstić information content (AvgIpc) is 2.55. The fraction of sp³-hybridized carbons (Fsp3) is 0.235. The van der Waals surface area contributed by atoms with Gasteiger partial charge < -0.3 is 5.11 Å². The number of rotatable bonds is 4. The minimum Gasteiger partial charge on any atom is -0.478 e. The maximum Gasteiger partial charge on any atom is 0.335 e. The van der Waals surface area contributed by atoms with Gasteiger partial charge in [0.1, 0.15) is 4.90 Å². The van der Waals surface area contributed by atoms with E-state index in [-0.39, 0.29) is 21.5 Å². The number of hydrogen-bond acceptors (Lipinski definition) is 3. The van der Waals surface area contributed by atoms with E-state index in [1.807, 2.05) is 24.3 Å². The Bertz CT molecular complexity index is 895. The highest BCUT2D eigenvalue weighted by Crippen LogP contribution is 2.32. The van der Waals surface area contributed by atoms with E-state index in [9.17, 15) is 13.2 Å². The Balaban J connectivity index is 1.96. The number of aryl methyl sites for hydroxylation is 1. The van der Waals surface area contributed by atoms with Crippen LogP contribution in [0.3, 0.4) is 0 Å². The smallest absolute Gasteiger partial charge is 0.335 e. The second-order valence-corrected chi connectivity index (χ2v) is 7.80. The first-order valence-corrected chi connectivity index (χ1v) is 9.37. The first-order valence-electron chi connectivity index (χ1n) is 7.51. The zero-order chi connectivity index (χ0) is 17.3. The third-order valence-corrected chi connectivity index (χ3v) is 6.09. The third-order valence-electron chi connectivity index (χ3n) is 4.13. The Morgan fingerprint density at radius 3 is 2.71 bits per heavy atom. The van der Waals surface area contributed by atoms with E-state index >= 15 is 0 Å². The number of halogens is 1. The first kappa shape index (κ1) is 17.0. The molecule has 1 aliphatic rings. The lowest BCUT2D eigenvalue weighted by molar-refractivity contribution is 0.0696.